The van der Waals surface area contributed by atoms with Gasteiger partial charge in [0.25, 0.3) is 0 Å². The molecule has 0 spiro atoms. The first-order valence-corrected chi connectivity index (χ1v) is 9.01. The number of thiophene rings is 1. The van der Waals surface area contributed by atoms with Crippen LogP contribution in [0.4, 0.5) is 0 Å². The van der Waals surface area contributed by atoms with Gasteiger partial charge in [-0.15, -0.1) is 11.3 Å². The second-order valence-corrected chi connectivity index (χ2v) is 8.24. The maximum absolute atomic E-state index is 12.5. The molecule has 2 rings (SSSR count). The summed E-state index contributed by atoms with van der Waals surface area (Å²) >= 11 is 1.67. The zero-order valence-corrected chi connectivity index (χ0v) is 14.0. The van der Waals surface area contributed by atoms with Gasteiger partial charge in [0, 0.05) is 22.3 Å². The maximum Gasteiger partial charge on any atom is 0.241 e. The van der Waals surface area contributed by atoms with Crippen molar-refractivity contribution in [3.05, 3.63) is 51.2 Å². The van der Waals surface area contributed by atoms with Crippen molar-refractivity contribution < 1.29 is 8.42 Å². The van der Waals surface area contributed by atoms with E-state index < -0.39 is 10.0 Å². The summed E-state index contributed by atoms with van der Waals surface area (Å²) in [5, 5.41) is 0. The SMILES string of the molecule is Cc1cc(C(C)NS(=O)(=O)c2cccc(CN)c2)c(C)s1. The minimum absolute atomic E-state index is 0.252. The van der Waals surface area contributed by atoms with E-state index in [0.29, 0.717) is 6.54 Å². The Bertz CT molecular complexity index is 736. The Morgan fingerprint density at radius 1 is 1.29 bits per heavy atom. The molecule has 0 saturated heterocycles. The Hall–Kier alpha value is -1.21. The minimum Gasteiger partial charge on any atom is -0.326 e. The van der Waals surface area contributed by atoms with Crippen molar-refractivity contribution in [3.63, 3.8) is 0 Å². The van der Waals surface area contributed by atoms with Crippen LogP contribution in [0.2, 0.25) is 0 Å². The van der Waals surface area contributed by atoms with Gasteiger partial charge in [0.2, 0.25) is 10.0 Å². The van der Waals surface area contributed by atoms with Gasteiger partial charge >= 0.3 is 0 Å². The molecule has 1 atom stereocenters. The third-order valence-corrected chi connectivity index (χ3v) is 5.84. The highest BCUT2D eigenvalue weighted by molar-refractivity contribution is 7.89. The number of hydrogen-bond acceptors (Lipinski definition) is 4. The molecule has 0 aliphatic carbocycles. The number of sulfonamides is 1. The molecule has 4 nitrogen and oxygen atoms in total. The number of rotatable bonds is 5. The van der Waals surface area contributed by atoms with E-state index >= 15 is 0 Å². The van der Waals surface area contributed by atoms with E-state index in [0.717, 1.165) is 16.0 Å². The molecule has 1 aromatic carbocycles. The normalized spacial score (nSPS) is 13.3. The fourth-order valence-electron chi connectivity index (χ4n) is 2.28. The Kier molecular flexibility index (Phi) is 4.83. The van der Waals surface area contributed by atoms with Gasteiger partial charge in [-0.3, -0.25) is 0 Å². The molecule has 1 heterocycles. The van der Waals surface area contributed by atoms with E-state index in [-0.39, 0.29) is 10.9 Å². The van der Waals surface area contributed by atoms with Gasteiger partial charge in [0.05, 0.1) is 4.90 Å². The van der Waals surface area contributed by atoms with Gasteiger partial charge in [-0.25, -0.2) is 13.1 Å². The summed E-state index contributed by atoms with van der Waals surface area (Å²) < 4.78 is 27.6. The molecule has 0 radical (unpaired) electrons. The van der Waals surface area contributed by atoms with Gasteiger partial charge in [0.1, 0.15) is 0 Å². The van der Waals surface area contributed by atoms with E-state index in [1.165, 1.54) is 4.88 Å². The zero-order valence-electron chi connectivity index (χ0n) is 12.4. The summed E-state index contributed by atoms with van der Waals surface area (Å²) in [6.45, 7) is 6.21. The van der Waals surface area contributed by atoms with Crippen molar-refractivity contribution in [2.45, 2.75) is 38.3 Å². The van der Waals surface area contributed by atoms with Crippen molar-refractivity contribution in [2.75, 3.05) is 0 Å². The number of hydrogen-bond donors (Lipinski definition) is 2. The van der Waals surface area contributed by atoms with Crippen molar-refractivity contribution in [3.8, 4) is 0 Å². The van der Waals surface area contributed by atoms with E-state index in [1.807, 2.05) is 32.9 Å². The van der Waals surface area contributed by atoms with Crippen LogP contribution in [0.3, 0.4) is 0 Å². The predicted octanol–water partition coefficient (Wildman–Crippen LogP) is 2.86. The van der Waals surface area contributed by atoms with Crippen LogP contribution in [-0.2, 0) is 16.6 Å². The lowest BCUT2D eigenvalue weighted by Crippen LogP contribution is -2.27. The van der Waals surface area contributed by atoms with Crippen LogP contribution in [0.5, 0.6) is 0 Å². The second kappa shape index (κ2) is 6.27. The number of nitrogens with one attached hydrogen (secondary N) is 1. The first-order chi connectivity index (χ1) is 9.83. The Morgan fingerprint density at radius 3 is 2.57 bits per heavy atom. The van der Waals surface area contributed by atoms with Crippen LogP contribution < -0.4 is 10.5 Å². The average molecular weight is 324 g/mol. The third kappa shape index (κ3) is 3.71. The molecule has 0 aliphatic heterocycles. The molecule has 0 saturated carbocycles. The van der Waals surface area contributed by atoms with Crippen LogP contribution in [0.25, 0.3) is 0 Å². The number of aryl methyl sites for hydroxylation is 2. The molecular weight excluding hydrogens is 304 g/mol. The quantitative estimate of drug-likeness (QED) is 0.888. The molecule has 3 N–H and O–H groups in total. The summed E-state index contributed by atoms with van der Waals surface area (Å²) in [6.07, 6.45) is 0. The Labute approximate surface area is 130 Å². The van der Waals surface area contributed by atoms with Crippen LogP contribution >= 0.6 is 11.3 Å². The Morgan fingerprint density at radius 2 is 2.00 bits per heavy atom. The lowest BCUT2D eigenvalue weighted by molar-refractivity contribution is 0.566. The van der Waals surface area contributed by atoms with E-state index in [2.05, 4.69) is 4.72 Å². The number of nitrogens with two attached hydrogens (primary N) is 1. The highest BCUT2D eigenvalue weighted by atomic mass is 32.2. The molecule has 0 bridgehead atoms. The molecule has 1 aromatic heterocycles. The van der Waals surface area contributed by atoms with Crippen LogP contribution in [-0.4, -0.2) is 8.42 Å². The first-order valence-electron chi connectivity index (χ1n) is 6.72. The third-order valence-electron chi connectivity index (χ3n) is 3.32. The molecular formula is C15H20N2O2S2. The molecule has 2 aromatic rings. The summed E-state index contributed by atoms with van der Waals surface area (Å²) in [5.74, 6) is 0. The summed E-state index contributed by atoms with van der Waals surface area (Å²) in [6, 6.07) is 8.49. The molecule has 114 valence electrons. The molecule has 1 unspecified atom stereocenters. The lowest BCUT2D eigenvalue weighted by Gasteiger charge is -2.15. The zero-order chi connectivity index (χ0) is 15.6. The molecule has 0 fully saturated rings. The monoisotopic (exact) mass is 324 g/mol. The van der Waals surface area contributed by atoms with E-state index in [9.17, 15) is 8.42 Å². The Balaban J connectivity index is 2.26. The maximum atomic E-state index is 12.5. The van der Waals surface area contributed by atoms with Gasteiger partial charge < -0.3 is 5.73 Å². The fourth-order valence-corrected chi connectivity index (χ4v) is 4.60. The molecule has 21 heavy (non-hydrogen) atoms. The van der Waals surface area contributed by atoms with Crippen molar-refractivity contribution >= 4 is 21.4 Å². The summed E-state index contributed by atoms with van der Waals surface area (Å²) in [5.41, 5.74) is 7.39. The predicted molar refractivity (Wildman–Crippen MR) is 86.9 cm³/mol. The minimum atomic E-state index is -3.55. The van der Waals surface area contributed by atoms with Gasteiger partial charge in [-0.2, -0.15) is 0 Å². The smallest absolute Gasteiger partial charge is 0.241 e. The molecule has 6 heteroatoms. The molecule has 0 aliphatic rings. The fraction of sp³-hybridized carbons (Fsp3) is 0.333. The summed E-state index contributed by atoms with van der Waals surface area (Å²) in [7, 11) is -3.55. The van der Waals surface area contributed by atoms with Gasteiger partial charge in [-0.05, 0) is 50.1 Å². The van der Waals surface area contributed by atoms with E-state index in [1.54, 1.807) is 29.5 Å². The second-order valence-electron chi connectivity index (χ2n) is 5.06. The van der Waals surface area contributed by atoms with Crippen molar-refractivity contribution in [1.29, 1.82) is 0 Å². The largest absolute Gasteiger partial charge is 0.326 e. The van der Waals surface area contributed by atoms with E-state index in [4.69, 9.17) is 5.73 Å². The van der Waals surface area contributed by atoms with Crippen LogP contribution in [0.1, 0.15) is 33.8 Å². The average Bonchev–Trinajstić information content (AvgIpc) is 2.77. The van der Waals surface area contributed by atoms with Crippen molar-refractivity contribution in [1.82, 2.24) is 4.72 Å². The molecule has 0 amide bonds. The number of benzene rings is 1. The van der Waals surface area contributed by atoms with Gasteiger partial charge in [0.15, 0.2) is 0 Å². The first kappa shape index (κ1) is 16.2. The van der Waals surface area contributed by atoms with Gasteiger partial charge in [-0.1, -0.05) is 12.1 Å². The van der Waals surface area contributed by atoms with Crippen molar-refractivity contribution in [2.24, 2.45) is 5.73 Å². The van der Waals surface area contributed by atoms with Crippen LogP contribution in [0.15, 0.2) is 35.2 Å². The topological polar surface area (TPSA) is 72.2 Å². The lowest BCUT2D eigenvalue weighted by atomic mass is 10.1. The highest BCUT2D eigenvalue weighted by Gasteiger charge is 2.20. The summed E-state index contributed by atoms with van der Waals surface area (Å²) in [4.78, 5) is 2.57. The van der Waals surface area contributed by atoms with Crippen LogP contribution in [0, 0.1) is 13.8 Å². The standard InChI is InChI=1S/C15H20N2O2S2/c1-10-7-15(12(3)20-10)11(2)17-21(18,19)14-6-4-5-13(8-14)9-16/h4-8,11,17H,9,16H2,1-3H3. The highest BCUT2D eigenvalue weighted by Crippen LogP contribution is 2.27.